The number of ether oxygens (including phenoxy) is 1. The van der Waals surface area contributed by atoms with Gasteiger partial charge in [-0.2, -0.15) is 0 Å². The summed E-state index contributed by atoms with van der Waals surface area (Å²) in [5.74, 6) is -0.278. The van der Waals surface area contributed by atoms with Crippen LogP contribution in [0.15, 0.2) is 24.3 Å². The number of carbonyl (C=O) groups excluding carboxylic acids is 2. The Balaban J connectivity index is 1.92. The Kier molecular flexibility index (Phi) is 5.81. The van der Waals surface area contributed by atoms with Crippen molar-refractivity contribution in [3.63, 3.8) is 0 Å². The summed E-state index contributed by atoms with van der Waals surface area (Å²) in [6.45, 7) is 5.28. The van der Waals surface area contributed by atoms with Crippen molar-refractivity contribution in [2.45, 2.75) is 39.2 Å². The van der Waals surface area contributed by atoms with E-state index in [0.29, 0.717) is 13.2 Å². The lowest BCUT2D eigenvalue weighted by molar-refractivity contribution is -0.142. The number of nitrogens with zero attached hydrogens (tertiary/aromatic N) is 1. The van der Waals surface area contributed by atoms with E-state index in [2.05, 4.69) is 24.4 Å². The van der Waals surface area contributed by atoms with E-state index in [1.807, 2.05) is 17.0 Å². The molecule has 1 aliphatic rings. The van der Waals surface area contributed by atoms with Crippen LogP contribution in [0, 0.1) is 6.92 Å². The van der Waals surface area contributed by atoms with Crippen molar-refractivity contribution in [1.29, 1.82) is 0 Å². The first-order valence-corrected chi connectivity index (χ1v) is 7.89. The van der Waals surface area contributed by atoms with Gasteiger partial charge >= 0.3 is 12.0 Å². The van der Waals surface area contributed by atoms with E-state index in [-0.39, 0.29) is 24.5 Å². The number of benzene rings is 1. The van der Waals surface area contributed by atoms with E-state index >= 15 is 0 Å². The first-order chi connectivity index (χ1) is 10.6. The van der Waals surface area contributed by atoms with Crippen LogP contribution in [-0.2, 0) is 9.53 Å². The highest BCUT2D eigenvalue weighted by Gasteiger charge is 2.30. The molecule has 0 unspecified atom stereocenters. The summed E-state index contributed by atoms with van der Waals surface area (Å²) in [6.07, 6.45) is 2.20. The number of hydrogen-bond acceptors (Lipinski definition) is 3. The molecule has 1 heterocycles. The van der Waals surface area contributed by atoms with Crippen LogP contribution in [0.3, 0.4) is 0 Å². The lowest BCUT2D eigenvalue weighted by atomic mass is 9.99. The summed E-state index contributed by atoms with van der Waals surface area (Å²) >= 11 is 0. The van der Waals surface area contributed by atoms with Crippen molar-refractivity contribution in [1.82, 2.24) is 10.2 Å². The van der Waals surface area contributed by atoms with Crippen molar-refractivity contribution in [3.8, 4) is 0 Å². The standard InChI is InChI=1S/C17H24N2O3/c1-3-22-16(20)10-11-18-17(21)19-12-6-9-15(19)14-8-5-4-7-13(14)2/h4-5,7-8,15H,3,6,9-12H2,1-2H3,(H,18,21)/t15-/m1/s1. The van der Waals surface area contributed by atoms with Crippen LogP contribution in [0.1, 0.15) is 43.4 Å². The average molecular weight is 304 g/mol. The van der Waals surface area contributed by atoms with E-state index < -0.39 is 0 Å². The van der Waals surface area contributed by atoms with E-state index in [1.54, 1.807) is 6.92 Å². The lowest BCUT2D eigenvalue weighted by Gasteiger charge is -2.26. The second-order valence-electron chi connectivity index (χ2n) is 5.49. The molecule has 1 aromatic rings. The maximum atomic E-state index is 12.3. The Morgan fingerprint density at radius 3 is 2.86 bits per heavy atom. The molecule has 2 amide bonds. The molecule has 0 aromatic heterocycles. The Labute approximate surface area is 131 Å². The van der Waals surface area contributed by atoms with Crippen molar-refractivity contribution in [3.05, 3.63) is 35.4 Å². The summed E-state index contributed by atoms with van der Waals surface area (Å²) in [5, 5.41) is 2.82. The summed E-state index contributed by atoms with van der Waals surface area (Å²) in [5.41, 5.74) is 2.42. The van der Waals surface area contributed by atoms with Crippen molar-refractivity contribution < 1.29 is 14.3 Å². The number of rotatable bonds is 5. The Bertz CT molecular complexity index is 530. The molecule has 5 heteroatoms. The van der Waals surface area contributed by atoms with Gasteiger partial charge in [-0.15, -0.1) is 0 Å². The summed E-state index contributed by atoms with van der Waals surface area (Å²) in [7, 11) is 0. The van der Waals surface area contributed by atoms with Crippen molar-refractivity contribution in [2.75, 3.05) is 19.7 Å². The Hall–Kier alpha value is -2.04. The van der Waals surface area contributed by atoms with Gasteiger partial charge in [0.2, 0.25) is 0 Å². The summed E-state index contributed by atoms with van der Waals surface area (Å²) in [6, 6.07) is 8.21. The Morgan fingerprint density at radius 1 is 1.36 bits per heavy atom. The lowest BCUT2D eigenvalue weighted by Crippen LogP contribution is -2.40. The number of hydrogen-bond donors (Lipinski definition) is 1. The highest BCUT2D eigenvalue weighted by Crippen LogP contribution is 2.33. The van der Waals surface area contributed by atoms with Crippen LogP contribution >= 0.6 is 0 Å². The number of carbonyl (C=O) groups is 2. The maximum Gasteiger partial charge on any atom is 0.317 e. The van der Waals surface area contributed by atoms with Gasteiger partial charge in [0.15, 0.2) is 0 Å². The second kappa shape index (κ2) is 7.82. The predicted octanol–water partition coefficient (Wildman–Crippen LogP) is 2.79. The molecule has 1 aromatic carbocycles. The number of amides is 2. The van der Waals surface area contributed by atoms with Gasteiger partial charge in [0.1, 0.15) is 0 Å². The average Bonchev–Trinajstić information content (AvgIpc) is 2.97. The third kappa shape index (κ3) is 4.00. The molecule has 5 nitrogen and oxygen atoms in total. The highest BCUT2D eigenvalue weighted by molar-refractivity contribution is 5.76. The molecule has 2 rings (SSSR count). The van der Waals surface area contributed by atoms with E-state index in [9.17, 15) is 9.59 Å². The van der Waals surface area contributed by atoms with Crippen LogP contribution in [0.5, 0.6) is 0 Å². The predicted molar refractivity (Wildman–Crippen MR) is 84.5 cm³/mol. The van der Waals surface area contributed by atoms with Crippen molar-refractivity contribution in [2.24, 2.45) is 0 Å². The van der Waals surface area contributed by atoms with Crippen LogP contribution < -0.4 is 5.32 Å². The Morgan fingerprint density at radius 2 is 2.14 bits per heavy atom. The van der Waals surface area contributed by atoms with Gasteiger partial charge in [0, 0.05) is 13.1 Å². The molecule has 120 valence electrons. The van der Waals surface area contributed by atoms with Crippen molar-refractivity contribution >= 4 is 12.0 Å². The monoisotopic (exact) mass is 304 g/mol. The fourth-order valence-electron chi connectivity index (χ4n) is 2.90. The molecule has 1 aliphatic heterocycles. The third-order valence-corrected chi connectivity index (χ3v) is 3.97. The topological polar surface area (TPSA) is 58.6 Å². The number of aryl methyl sites for hydroxylation is 1. The molecule has 1 fully saturated rings. The molecular formula is C17H24N2O3. The number of nitrogens with one attached hydrogen (secondary N) is 1. The number of urea groups is 1. The van der Waals surface area contributed by atoms with Gasteiger partial charge in [-0.05, 0) is 37.8 Å². The van der Waals surface area contributed by atoms with E-state index in [4.69, 9.17) is 4.74 Å². The third-order valence-electron chi connectivity index (χ3n) is 3.97. The van der Waals surface area contributed by atoms with Crippen LogP contribution in [0.2, 0.25) is 0 Å². The largest absolute Gasteiger partial charge is 0.466 e. The van der Waals surface area contributed by atoms with E-state index in [1.165, 1.54) is 11.1 Å². The maximum absolute atomic E-state index is 12.3. The van der Waals surface area contributed by atoms with Gasteiger partial charge in [0.05, 0.1) is 19.1 Å². The smallest absolute Gasteiger partial charge is 0.317 e. The molecule has 0 radical (unpaired) electrons. The van der Waals surface area contributed by atoms with Gasteiger partial charge < -0.3 is 15.0 Å². The molecule has 0 bridgehead atoms. The normalized spacial score (nSPS) is 17.4. The molecule has 0 spiro atoms. The van der Waals surface area contributed by atoms with Gasteiger partial charge in [-0.1, -0.05) is 24.3 Å². The quantitative estimate of drug-likeness (QED) is 0.851. The molecule has 0 saturated carbocycles. The molecule has 1 atom stereocenters. The fraction of sp³-hybridized carbons (Fsp3) is 0.529. The number of esters is 1. The summed E-state index contributed by atoms with van der Waals surface area (Å²) < 4.78 is 4.85. The van der Waals surface area contributed by atoms with Crippen LogP contribution in [0.4, 0.5) is 4.79 Å². The minimum Gasteiger partial charge on any atom is -0.466 e. The second-order valence-corrected chi connectivity index (χ2v) is 5.49. The van der Waals surface area contributed by atoms with Crippen LogP contribution in [-0.4, -0.2) is 36.6 Å². The minimum absolute atomic E-state index is 0.102. The highest BCUT2D eigenvalue weighted by atomic mass is 16.5. The molecule has 22 heavy (non-hydrogen) atoms. The zero-order valence-electron chi connectivity index (χ0n) is 13.3. The molecular weight excluding hydrogens is 280 g/mol. The van der Waals surface area contributed by atoms with E-state index in [0.717, 1.165) is 19.4 Å². The van der Waals surface area contributed by atoms with Gasteiger partial charge in [0.25, 0.3) is 0 Å². The van der Waals surface area contributed by atoms with Gasteiger partial charge in [-0.3, -0.25) is 4.79 Å². The first-order valence-electron chi connectivity index (χ1n) is 7.89. The first kappa shape index (κ1) is 16.3. The SMILES string of the molecule is CCOC(=O)CCNC(=O)N1CCC[C@@H]1c1ccccc1C. The minimum atomic E-state index is -0.278. The fourth-order valence-corrected chi connectivity index (χ4v) is 2.90. The van der Waals surface area contributed by atoms with Gasteiger partial charge in [-0.25, -0.2) is 4.79 Å². The number of likely N-dealkylation sites (tertiary alicyclic amines) is 1. The van der Waals surface area contributed by atoms with Crippen LogP contribution in [0.25, 0.3) is 0 Å². The molecule has 1 saturated heterocycles. The molecule has 0 aliphatic carbocycles. The summed E-state index contributed by atoms with van der Waals surface area (Å²) in [4.78, 5) is 25.5. The molecule has 1 N–H and O–H groups in total. The zero-order chi connectivity index (χ0) is 15.9. The zero-order valence-corrected chi connectivity index (χ0v) is 13.3.